The van der Waals surface area contributed by atoms with Crippen molar-refractivity contribution in [2.45, 2.75) is 6.92 Å². The molecule has 19 heavy (non-hydrogen) atoms. The van der Waals surface area contributed by atoms with Crippen LogP contribution in [0.5, 0.6) is 11.5 Å². The summed E-state index contributed by atoms with van der Waals surface area (Å²) in [7, 11) is 0. The number of para-hydroxylation sites is 2. The number of benzene rings is 2. The van der Waals surface area contributed by atoms with Gasteiger partial charge in [-0.05, 0) is 30.7 Å². The molecule has 0 bridgehead atoms. The molecular formula is C16H14N2O. The molecule has 0 amide bonds. The second kappa shape index (κ2) is 4.61. The van der Waals surface area contributed by atoms with Gasteiger partial charge in [0.1, 0.15) is 5.75 Å². The van der Waals surface area contributed by atoms with E-state index >= 15 is 0 Å². The molecule has 0 spiro atoms. The van der Waals surface area contributed by atoms with Crippen molar-refractivity contribution in [1.82, 2.24) is 4.98 Å². The van der Waals surface area contributed by atoms with Crippen molar-refractivity contribution in [1.29, 1.82) is 0 Å². The van der Waals surface area contributed by atoms with Crippen LogP contribution >= 0.6 is 0 Å². The van der Waals surface area contributed by atoms with Crippen molar-refractivity contribution in [3.63, 3.8) is 0 Å². The highest BCUT2D eigenvalue weighted by atomic mass is 16.5. The second-order valence-electron chi connectivity index (χ2n) is 4.45. The van der Waals surface area contributed by atoms with E-state index < -0.39 is 0 Å². The molecule has 0 saturated carbocycles. The van der Waals surface area contributed by atoms with Gasteiger partial charge in [0, 0.05) is 5.39 Å². The van der Waals surface area contributed by atoms with Gasteiger partial charge in [-0.3, -0.25) is 4.98 Å². The van der Waals surface area contributed by atoms with Gasteiger partial charge in [0.05, 0.1) is 17.4 Å². The topological polar surface area (TPSA) is 48.1 Å². The van der Waals surface area contributed by atoms with Crippen LogP contribution in [0, 0.1) is 6.92 Å². The Bertz CT molecular complexity index is 738. The minimum absolute atomic E-state index is 0.663. The summed E-state index contributed by atoms with van der Waals surface area (Å²) in [5.74, 6) is 1.35. The summed E-state index contributed by atoms with van der Waals surface area (Å²) in [6.07, 6.45) is 1.71. The molecule has 0 radical (unpaired) electrons. The van der Waals surface area contributed by atoms with Gasteiger partial charge in [0.15, 0.2) is 5.75 Å². The monoisotopic (exact) mass is 250 g/mol. The number of rotatable bonds is 2. The van der Waals surface area contributed by atoms with Crippen molar-refractivity contribution < 1.29 is 4.74 Å². The molecule has 0 aliphatic heterocycles. The first-order valence-corrected chi connectivity index (χ1v) is 6.12. The van der Waals surface area contributed by atoms with Crippen LogP contribution in [0.3, 0.4) is 0 Å². The number of nitrogens with zero attached hydrogens (tertiary/aromatic N) is 1. The predicted octanol–water partition coefficient (Wildman–Crippen LogP) is 3.92. The van der Waals surface area contributed by atoms with Crippen LogP contribution in [0.2, 0.25) is 0 Å². The van der Waals surface area contributed by atoms with Crippen LogP contribution in [-0.2, 0) is 0 Å². The van der Waals surface area contributed by atoms with Gasteiger partial charge in [0.25, 0.3) is 0 Å². The Morgan fingerprint density at radius 3 is 2.79 bits per heavy atom. The Morgan fingerprint density at radius 2 is 1.89 bits per heavy atom. The molecule has 1 aromatic heterocycles. The number of pyridine rings is 1. The number of ether oxygens (including phenoxy) is 1. The highest BCUT2D eigenvalue weighted by Crippen LogP contribution is 2.30. The minimum atomic E-state index is 0.663. The number of fused-ring (bicyclic) bond motifs is 1. The number of hydrogen-bond donors (Lipinski definition) is 1. The van der Waals surface area contributed by atoms with Gasteiger partial charge < -0.3 is 10.5 Å². The predicted molar refractivity (Wildman–Crippen MR) is 77.4 cm³/mol. The minimum Gasteiger partial charge on any atom is -0.454 e. The lowest BCUT2D eigenvalue weighted by Crippen LogP contribution is -1.95. The molecule has 0 atom stereocenters. The highest BCUT2D eigenvalue weighted by Gasteiger charge is 2.05. The van der Waals surface area contributed by atoms with E-state index in [1.807, 2.05) is 55.5 Å². The number of nitrogens with two attached hydrogens (primary N) is 1. The van der Waals surface area contributed by atoms with Crippen molar-refractivity contribution in [2.24, 2.45) is 0 Å². The zero-order chi connectivity index (χ0) is 13.2. The summed E-state index contributed by atoms with van der Waals surface area (Å²) in [6.45, 7) is 1.96. The molecule has 0 aliphatic rings. The lowest BCUT2D eigenvalue weighted by Gasteiger charge is -2.10. The molecule has 3 nitrogen and oxygen atoms in total. The molecule has 3 rings (SSSR count). The Hall–Kier alpha value is -2.55. The van der Waals surface area contributed by atoms with Crippen LogP contribution in [0.15, 0.2) is 54.7 Å². The van der Waals surface area contributed by atoms with E-state index in [1.54, 1.807) is 6.20 Å². The van der Waals surface area contributed by atoms with Gasteiger partial charge in [-0.2, -0.15) is 0 Å². The van der Waals surface area contributed by atoms with E-state index in [0.29, 0.717) is 17.2 Å². The van der Waals surface area contributed by atoms with Gasteiger partial charge >= 0.3 is 0 Å². The van der Waals surface area contributed by atoms with Crippen LogP contribution < -0.4 is 10.5 Å². The average molecular weight is 250 g/mol. The molecule has 94 valence electrons. The first-order valence-electron chi connectivity index (χ1n) is 6.12. The van der Waals surface area contributed by atoms with Crippen LogP contribution in [0.4, 0.5) is 5.69 Å². The summed E-state index contributed by atoms with van der Waals surface area (Å²) >= 11 is 0. The maximum Gasteiger partial charge on any atom is 0.150 e. The van der Waals surface area contributed by atoms with E-state index in [1.165, 1.54) is 0 Å². The van der Waals surface area contributed by atoms with E-state index in [2.05, 4.69) is 4.98 Å². The third-order valence-corrected chi connectivity index (χ3v) is 3.08. The summed E-state index contributed by atoms with van der Waals surface area (Å²) in [6, 6.07) is 15.6. The summed E-state index contributed by atoms with van der Waals surface area (Å²) in [4.78, 5) is 4.36. The van der Waals surface area contributed by atoms with E-state index in [0.717, 1.165) is 16.5 Å². The molecule has 0 unspecified atom stereocenters. The quantitative estimate of drug-likeness (QED) is 0.701. The standard InChI is InChI=1S/C16H14N2O/c1-11-5-4-8-15(16(11)17)19-13-9-12-6-2-3-7-14(12)18-10-13/h2-10H,17H2,1H3. The van der Waals surface area contributed by atoms with Crippen molar-refractivity contribution in [3.05, 3.63) is 60.3 Å². The van der Waals surface area contributed by atoms with Gasteiger partial charge in [-0.15, -0.1) is 0 Å². The zero-order valence-corrected chi connectivity index (χ0v) is 10.6. The normalized spacial score (nSPS) is 10.6. The molecule has 3 heteroatoms. The van der Waals surface area contributed by atoms with E-state index in [9.17, 15) is 0 Å². The molecular weight excluding hydrogens is 236 g/mol. The zero-order valence-electron chi connectivity index (χ0n) is 10.6. The summed E-state index contributed by atoms with van der Waals surface area (Å²) in [5.41, 5.74) is 8.62. The molecule has 0 saturated heterocycles. The Labute approximate surface area is 111 Å². The fraction of sp³-hybridized carbons (Fsp3) is 0.0625. The first-order chi connectivity index (χ1) is 9.24. The van der Waals surface area contributed by atoms with Crippen molar-refractivity contribution >= 4 is 16.6 Å². The largest absolute Gasteiger partial charge is 0.454 e. The fourth-order valence-corrected chi connectivity index (χ4v) is 1.98. The van der Waals surface area contributed by atoms with Crippen molar-refractivity contribution in [3.8, 4) is 11.5 Å². The van der Waals surface area contributed by atoms with Gasteiger partial charge in [-0.1, -0.05) is 30.3 Å². The maximum atomic E-state index is 6.00. The first kappa shape index (κ1) is 11.5. The Balaban J connectivity index is 1.99. The maximum absolute atomic E-state index is 6.00. The number of nitrogen functional groups attached to an aromatic ring is 1. The van der Waals surface area contributed by atoms with Crippen LogP contribution in [0.1, 0.15) is 5.56 Å². The van der Waals surface area contributed by atoms with E-state index in [-0.39, 0.29) is 0 Å². The molecule has 2 N–H and O–H groups in total. The summed E-state index contributed by atoms with van der Waals surface area (Å²) in [5, 5.41) is 1.05. The van der Waals surface area contributed by atoms with Crippen LogP contribution in [0.25, 0.3) is 10.9 Å². The molecule has 3 aromatic rings. The van der Waals surface area contributed by atoms with Crippen LogP contribution in [-0.4, -0.2) is 4.98 Å². The van der Waals surface area contributed by atoms with Gasteiger partial charge in [0.2, 0.25) is 0 Å². The lowest BCUT2D eigenvalue weighted by atomic mass is 10.2. The van der Waals surface area contributed by atoms with Gasteiger partial charge in [-0.25, -0.2) is 0 Å². The Morgan fingerprint density at radius 1 is 1.05 bits per heavy atom. The third kappa shape index (κ3) is 2.22. The molecule has 0 aliphatic carbocycles. The number of aryl methyl sites for hydroxylation is 1. The molecule has 1 heterocycles. The highest BCUT2D eigenvalue weighted by molar-refractivity contribution is 5.79. The SMILES string of the molecule is Cc1cccc(Oc2cnc3ccccc3c2)c1N. The fourth-order valence-electron chi connectivity index (χ4n) is 1.98. The van der Waals surface area contributed by atoms with Crippen molar-refractivity contribution in [2.75, 3.05) is 5.73 Å². The number of hydrogen-bond acceptors (Lipinski definition) is 3. The number of aromatic nitrogens is 1. The smallest absolute Gasteiger partial charge is 0.150 e. The second-order valence-corrected chi connectivity index (χ2v) is 4.45. The average Bonchev–Trinajstić information content (AvgIpc) is 2.44. The third-order valence-electron chi connectivity index (χ3n) is 3.08. The molecule has 0 fully saturated rings. The van der Waals surface area contributed by atoms with E-state index in [4.69, 9.17) is 10.5 Å². The summed E-state index contributed by atoms with van der Waals surface area (Å²) < 4.78 is 5.81. The Kier molecular flexibility index (Phi) is 2.80. The molecule has 2 aromatic carbocycles. The number of anilines is 1. The lowest BCUT2D eigenvalue weighted by molar-refractivity contribution is 0.483.